The monoisotopic (exact) mass is 338 g/mol. The van der Waals surface area contributed by atoms with Gasteiger partial charge in [0.15, 0.2) is 0 Å². The molecule has 0 aromatic heterocycles. The molecule has 0 saturated carbocycles. The highest BCUT2D eigenvalue weighted by Crippen LogP contribution is 2.25. The minimum Gasteiger partial charge on any atom is -0.497 e. The first kappa shape index (κ1) is 17.0. The number of benzene rings is 2. The molecule has 1 N–H and O–H groups in total. The Hall–Kier alpha value is -2.82. The van der Waals surface area contributed by atoms with Gasteiger partial charge in [0, 0.05) is 30.3 Å². The van der Waals surface area contributed by atoms with Crippen LogP contribution in [-0.4, -0.2) is 31.5 Å². The molecule has 2 aromatic rings. The number of nitrogens with zero attached hydrogens (tertiary/aromatic N) is 1. The van der Waals surface area contributed by atoms with Crippen LogP contribution in [0.25, 0.3) is 0 Å². The average molecular weight is 338 g/mol. The number of hydrogen-bond donors (Lipinski definition) is 1. The molecule has 2 aromatic carbocycles. The molecule has 1 atom stereocenters. The number of methoxy groups -OCH3 is 1. The summed E-state index contributed by atoms with van der Waals surface area (Å²) in [5.41, 5.74) is 3.51. The van der Waals surface area contributed by atoms with Gasteiger partial charge in [-0.1, -0.05) is 23.3 Å². The van der Waals surface area contributed by atoms with E-state index in [2.05, 4.69) is 5.32 Å². The molecule has 130 valence electrons. The highest BCUT2D eigenvalue weighted by Gasteiger charge is 2.32. The standard InChI is InChI=1S/C20H22N2O3/c1-13-7-14(2)9-15(8-13)20(24)21-16-10-19(23)22(12-16)17-5-4-6-18(11-17)25-3/h4-9,11,16H,10,12H2,1-3H3,(H,21,24)/t16-/m0/s1. The molecule has 5 nitrogen and oxygen atoms in total. The second-order valence-electron chi connectivity index (χ2n) is 6.46. The van der Waals surface area contributed by atoms with E-state index in [0.717, 1.165) is 16.8 Å². The van der Waals surface area contributed by atoms with E-state index in [1.54, 1.807) is 12.0 Å². The normalized spacial score (nSPS) is 16.8. The number of hydrogen-bond acceptors (Lipinski definition) is 3. The van der Waals surface area contributed by atoms with Gasteiger partial charge in [0.25, 0.3) is 5.91 Å². The first-order valence-electron chi connectivity index (χ1n) is 8.30. The van der Waals surface area contributed by atoms with Gasteiger partial charge in [0.1, 0.15) is 5.75 Å². The Morgan fingerprint density at radius 1 is 1.16 bits per heavy atom. The van der Waals surface area contributed by atoms with Crippen molar-refractivity contribution in [1.82, 2.24) is 5.32 Å². The van der Waals surface area contributed by atoms with Crippen LogP contribution in [0.15, 0.2) is 42.5 Å². The Labute approximate surface area is 147 Å². The maximum absolute atomic E-state index is 12.5. The summed E-state index contributed by atoms with van der Waals surface area (Å²) < 4.78 is 5.21. The summed E-state index contributed by atoms with van der Waals surface area (Å²) in [6.07, 6.45) is 0.299. The zero-order valence-corrected chi connectivity index (χ0v) is 14.7. The zero-order chi connectivity index (χ0) is 18.0. The smallest absolute Gasteiger partial charge is 0.251 e. The number of amides is 2. The van der Waals surface area contributed by atoms with Crippen molar-refractivity contribution in [3.63, 3.8) is 0 Å². The lowest BCUT2D eigenvalue weighted by Crippen LogP contribution is -2.37. The van der Waals surface area contributed by atoms with Crippen LogP contribution >= 0.6 is 0 Å². The van der Waals surface area contributed by atoms with E-state index in [1.807, 2.05) is 56.3 Å². The van der Waals surface area contributed by atoms with E-state index in [-0.39, 0.29) is 17.9 Å². The zero-order valence-electron chi connectivity index (χ0n) is 14.7. The summed E-state index contributed by atoms with van der Waals surface area (Å²) in [6.45, 7) is 4.39. The number of rotatable bonds is 4. The van der Waals surface area contributed by atoms with E-state index in [9.17, 15) is 9.59 Å². The van der Waals surface area contributed by atoms with Crippen molar-refractivity contribution < 1.29 is 14.3 Å². The summed E-state index contributed by atoms with van der Waals surface area (Å²) in [7, 11) is 1.60. The number of aryl methyl sites for hydroxylation is 2. The molecule has 25 heavy (non-hydrogen) atoms. The van der Waals surface area contributed by atoms with Gasteiger partial charge in [-0.3, -0.25) is 9.59 Å². The Morgan fingerprint density at radius 3 is 2.56 bits per heavy atom. The molecule has 1 aliphatic rings. The maximum Gasteiger partial charge on any atom is 0.251 e. The van der Waals surface area contributed by atoms with Crippen molar-refractivity contribution in [3.05, 3.63) is 59.2 Å². The topological polar surface area (TPSA) is 58.6 Å². The van der Waals surface area contributed by atoms with Gasteiger partial charge in [0.05, 0.1) is 13.2 Å². The summed E-state index contributed by atoms with van der Waals surface area (Å²) >= 11 is 0. The van der Waals surface area contributed by atoms with Gasteiger partial charge in [0.2, 0.25) is 5.91 Å². The second-order valence-corrected chi connectivity index (χ2v) is 6.46. The second kappa shape index (κ2) is 6.97. The third kappa shape index (κ3) is 3.82. The molecule has 1 saturated heterocycles. The molecule has 0 bridgehead atoms. The molecule has 2 amide bonds. The van der Waals surface area contributed by atoms with Crippen LogP contribution in [0.4, 0.5) is 5.69 Å². The minimum atomic E-state index is -0.202. The van der Waals surface area contributed by atoms with Gasteiger partial charge in [-0.25, -0.2) is 0 Å². The number of carbonyl (C=O) groups excluding carboxylic acids is 2. The lowest BCUT2D eigenvalue weighted by Gasteiger charge is -2.18. The van der Waals surface area contributed by atoms with Crippen molar-refractivity contribution in [2.45, 2.75) is 26.3 Å². The summed E-state index contributed by atoms with van der Waals surface area (Å²) in [6, 6.07) is 12.9. The SMILES string of the molecule is COc1cccc(N2C[C@@H](NC(=O)c3cc(C)cc(C)c3)CC2=O)c1. The third-order valence-corrected chi connectivity index (χ3v) is 4.31. The summed E-state index contributed by atoms with van der Waals surface area (Å²) in [5, 5.41) is 2.98. The van der Waals surface area contributed by atoms with Crippen molar-refractivity contribution in [3.8, 4) is 5.75 Å². The van der Waals surface area contributed by atoms with Crippen LogP contribution in [0.5, 0.6) is 5.75 Å². The largest absolute Gasteiger partial charge is 0.497 e. The lowest BCUT2D eigenvalue weighted by atomic mass is 10.1. The number of ether oxygens (including phenoxy) is 1. The fourth-order valence-electron chi connectivity index (χ4n) is 3.21. The molecular weight excluding hydrogens is 316 g/mol. The fourth-order valence-corrected chi connectivity index (χ4v) is 3.21. The van der Waals surface area contributed by atoms with Crippen molar-refractivity contribution in [2.75, 3.05) is 18.6 Å². The van der Waals surface area contributed by atoms with Crippen molar-refractivity contribution >= 4 is 17.5 Å². The molecule has 3 rings (SSSR count). The summed E-state index contributed by atoms with van der Waals surface area (Å²) in [4.78, 5) is 26.5. The number of anilines is 1. The van der Waals surface area contributed by atoms with E-state index >= 15 is 0 Å². The first-order valence-corrected chi connectivity index (χ1v) is 8.30. The van der Waals surface area contributed by atoms with Gasteiger partial charge in [-0.05, 0) is 38.1 Å². The van der Waals surface area contributed by atoms with E-state index in [1.165, 1.54) is 0 Å². The first-order chi connectivity index (χ1) is 12.0. The van der Waals surface area contributed by atoms with Gasteiger partial charge in [-0.15, -0.1) is 0 Å². The molecule has 1 fully saturated rings. The Balaban J connectivity index is 1.71. The predicted octanol–water partition coefficient (Wildman–Crippen LogP) is 2.85. The van der Waals surface area contributed by atoms with Crippen LogP contribution < -0.4 is 15.0 Å². The van der Waals surface area contributed by atoms with Crippen molar-refractivity contribution in [1.29, 1.82) is 0 Å². The number of nitrogens with one attached hydrogen (secondary N) is 1. The van der Waals surface area contributed by atoms with E-state index < -0.39 is 0 Å². The highest BCUT2D eigenvalue weighted by atomic mass is 16.5. The van der Waals surface area contributed by atoms with Gasteiger partial charge < -0.3 is 15.0 Å². The molecule has 5 heteroatoms. The van der Waals surface area contributed by atoms with Crippen LogP contribution in [-0.2, 0) is 4.79 Å². The Morgan fingerprint density at radius 2 is 1.88 bits per heavy atom. The molecule has 0 aliphatic carbocycles. The fraction of sp³-hybridized carbons (Fsp3) is 0.300. The molecular formula is C20H22N2O3. The van der Waals surface area contributed by atoms with E-state index in [4.69, 9.17) is 4.74 Å². The Kier molecular flexibility index (Phi) is 4.74. The molecule has 0 spiro atoms. The predicted molar refractivity (Wildman–Crippen MR) is 97.1 cm³/mol. The quantitative estimate of drug-likeness (QED) is 0.932. The third-order valence-electron chi connectivity index (χ3n) is 4.31. The summed E-state index contributed by atoms with van der Waals surface area (Å²) in [5.74, 6) is 0.559. The molecule has 1 heterocycles. The van der Waals surface area contributed by atoms with Crippen LogP contribution in [0.2, 0.25) is 0 Å². The molecule has 1 aliphatic heterocycles. The van der Waals surface area contributed by atoms with Crippen LogP contribution in [0.1, 0.15) is 27.9 Å². The van der Waals surface area contributed by atoms with E-state index in [0.29, 0.717) is 24.3 Å². The lowest BCUT2D eigenvalue weighted by molar-refractivity contribution is -0.117. The van der Waals surface area contributed by atoms with Crippen LogP contribution in [0.3, 0.4) is 0 Å². The van der Waals surface area contributed by atoms with Crippen molar-refractivity contribution in [2.24, 2.45) is 0 Å². The van der Waals surface area contributed by atoms with Gasteiger partial charge in [-0.2, -0.15) is 0 Å². The minimum absolute atomic E-state index is 0.000948. The number of carbonyl (C=O) groups is 2. The maximum atomic E-state index is 12.5. The molecule has 0 unspecified atom stereocenters. The van der Waals surface area contributed by atoms with Gasteiger partial charge >= 0.3 is 0 Å². The average Bonchev–Trinajstić information content (AvgIpc) is 2.94. The highest BCUT2D eigenvalue weighted by molar-refractivity contribution is 5.99. The van der Waals surface area contributed by atoms with Crippen LogP contribution in [0, 0.1) is 13.8 Å². The Bertz CT molecular complexity index is 796. The molecule has 0 radical (unpaired) electrons.